The maximum atomic E-state index is 4.71. The van der Waals surface area contributed by atoms with Crippen molar-refractivity contribution in [3.63, 3.8) is 0 Å². The third kappa shape index (κ3) is 4.04. The topological polar surface area (TPSA) is 29.9 Å². The summed E-state index contributed by atoms with van der Waals surface area (Å²) in [7, 11) is 0. The Balaban J connectivity index is 2.15. The molecule has 1 aromatic heterocycles. The molecule has 1 aliphatic heterocycles. The van der Waals surface area contributed by atoms with E-state index in [9.17, 15) is 0 Å². The summed E-state index contributed by atoms with van der Waals surface area (Å²) in [5.41, 5.74) is 2.63. The van der Waals surface area contributed by atoms with Crippen LogP contribution in [0.1, 0.15) is 58.3 Å². The molecule has 2 heterocycles. The van der Waals surface area contributed by atoms with E-state index < -0.39 is 0 Å². The van der Waals surface area contributed by atoms with E-state index in [4.69, 9.17) is 5.10 Å². The highest BCUT2D eigenvalue weighted by Crippen LogP contribution is 2.41. The van der Waals surface area contributed by atoms with Crippen LogP contribution in [0.5, 0.6) is 0 Å². The molecule has 3 nitrogen and oxygen atoms in total. The van der Waals surface area contributed by atoms with Gasteiger partial charge in [0.25, 0.3) is 0 Å². The van der Waals surface area contributed by atoms with Crippen molar-refractivity contribution in [1.29, 1.82) is 0 Å². The number of rotatable bonds is 8. The minimum absolute atomic E-state index is 0.379. The maximum Gasteiger partial charge on any atom is 0.0624 e. The summed E-state index contributed by atoms with van der Waals surface area (Å²) in [5.74, 6) is 1.31. The molecule has 21 heavy (non-hydrogen) atoms. The molecule has 0 aromatic carbocycles. The molecule has 2 rings (SSSR count). The van der Waals surface area contributed by atoms with Gasteiger partial charge in [0.15, 0.2) is 0 Å². The van der Waals surface area contributed by atoms with Crippen molar-refractivity contribution in [3.8, 4) is 0 Å². The molecule has 2 atom stereocenters. The Labute approximate surface area is 134 Å². The van der Waals surface area contributed by atoms with Gasteiger partial charge in [0.1, 0.15) is 0 Å². The van der Waals surface area contributed by atoms with Crippen LogP contribution in [0.3, 0.4) is 0 Å². The Kier molecular flexibility index (Phi) is 6.18. The van der Waals surface area contributed by atoms with Crippen LogP contribution >= 0.6 is 11.8 Å². The first kappa shape index (κ1) is 16.9. The van der Waals surface area contributed by atoms with E-state index in [1.807, 2.05) is 0 Å². The normalized spacial score (nSPS) is 23.6. The van der Waals surface area contributed by atoms with Crippen molar-refractivity contribution in [3.05, 3.63) is 17.5 Å². The van der Waals surface area contributed by atoms with Gasteiger partial charge in [-0.05, 0) is 57.9 Å². The zero-order valence-corrected chi connectivity index (χ0v) is 14.9. The first-order valence-electron chi connectivity index (χ1n) is 8.55. The molecule has 1 saturated heterocycles. The van der Waals surface area contributed by atoms with E-state index in [-0.39, 0.29) is 0 Å². The predicted molar refractivity (Wildman–Crippen MR) is 93.2 cm³/mol. The average Bonchev–Trinajstić information content (AvgIpc) is 3.10. The van der Waals surface area contributed by atoms with Crippen molar-refractivity contribution in [2.45, 2.75) is 77.1 Å². The van der Waals surface area contributed by atoms with Crippen LogP contribution in [0.2, 0.25) is 0 Å². The summed E-state index contributed by atoms with van der Waals surface area (Å²) in [6.45, 7) is 11.2. The third-order valence-corrected chi connectivity index (χ3v) is 6.26. The van der Waals surface area contributed by atoms with E-state index in [0.29, 0.717) is 10.8 Å². The van der Waals surface area contributed by atoms with Gasteiger partial charge in [-0.15, -0.1) is 0 Å². The van der Waals surface area contributed by atoms with Crippen LogP contribution in [-0.4, -0.2) is 32.9 Å². The summed E-state index contributed by atoms with van der Waals surface area (Å²) in [5, 5.41) is 8.53. The predicted octanol–water partition coefficient (Wildman–Crippen LogP) is 3.66. The lowest BCUT2D eigenvalue weighted by Crippen LogP contribution is -2.47. The molecule has 120 valence electrons. The summed E-state index contributed by atoms with van der Waals surface area (Å²) in [6.07, 6.45) is 6.02. The van der Waals surface area contributed by atoms with Gasteiger partial charge in [-0.1, -0.05) is 13.8 Å². The zero-order valence-electron chi connectivity index (χ0n) is 14.1. The number of aromatic nitrogens is 2. The molecule has 0 aliphatic carbocycles. The van der Waals surface area contributed by atoms with E-state index in [0.717, 1.165) is 25.9 Å². The van der Waals surface area contributed by atoms with E-state index in [1.54, 1.807) is 0 Å². The van der Waals surface area contributed by atoms with E-state index >= 15 is 0 Å². The zero-order chi connectivity index (χ0) is 15.3. The second-order valence-corrected chi connectivity index (χ2v) is 7.90. The number of hydrogen-bond acceptors (Lipinski definition) is 3. The second kappa shape index (κ2) is 7.68. The minimum Gasteiger partial charge on any atom is -0.312 e. The largest absolute Gasteiger partial charge is 0.312 e. The Hall–Kier alpha value is -0.480. The van der Waals surface area contributed by atoms with Crippen LogP contribution in [0.25, 0.3) is 0 Å². The van der Waals surface area contributed by atoms with Crippen LogP contribution in [0, 0.1) is 0 Å². The molecule has 0 saturated carbocycles. The smallest absolute Gasteiger partial charge is 0.0624 e. The van der Waals surface area contributed by atoms with E-state index in [1.165, 1.54) is 36.4 Å². The molecule has 1 N–H and O–H groups in total. The number of nitrogens with zero attached hydrogens (tertiary/aromatic N) is 2. The average molecular weight is 310 g/mol. The van der Waals surface area contributed by atoms with E-state index in [2.05, 4.69) is 55.5 Å². The molecule has 4 heteroatoms. The fourth-order valence-electron chi connectivity index (χ4n) is 3.23. The highest BCUT2D eigenvalue weighted by atomic mass is 32.2. The molecule has 0 bridgehead atoms. The van der Waals surface area contributed by atoms with Crippen molar-refractivity contribution < 1.29 is 0 Å². The lowest BCUT2D eigenvalue weighted by molar-refractivity contribution is 0.389. The summed E-state index contributed by atoms with van der Waals surface area (Å²) >= 11 is 2.16. The molecule has 0 radical (unpaired) electrons. The van der Waals surface area contributed by atoms with Gasteiger partial charge in [-0.25, -0.2) is 0 Å². The Bertz CT molecular complexity index is 435. The SMILES string of the molecule is CCCNC(Cc1cc(CC)nn1CC)C1(C)CCCS1. The van der Waals surface area contributed by atoms with Crippen LogP contribution in [0.4, 0.5) is 0 Å². The Morgan fingerprint density at radius 3 is 2.81 bits per heavy atom. The summed E-state index contributed by atoms with van der Waals surface area (Å²) in [6, 6.07) is 2.87. The molecule has 1 aromatic rings. The lowest BCUT2D eigenvalue weighted by Gasteiger charge is -2.34. The minimum atomic E-state index is 0.379. The van der Waals surface area contributed by atoms with Crippen molar-refractivity contribution >= 4 is 11.8 Å². The first-order chi connectivity index (χ1) is 10.1. The van der Waals surface area contributed by atoms with Gasteiger partial charge in [0.05, 0.1) is 5.69 Å². The van der Waals surface area contributed by atoms with Crippen molar-refractivity contribution in [2.75, 3.05) is 12.3 Å². The van der Waals surface area contributed by atoms with Gasteiger partial charge in [-0.2, -0.15) is 16.9 Å². The lowest BCUT2D eigenvalue weighted by atomic mass is 9.92. The highest BCUT2D eigenvalue weighted by Gasteiger charge is 2.37. The van der Waals surface area contributed by atoms with Gasteiger partial charge in [0.2, 0.25) is 0 Å². The molecule has 0 amide bonds. The number of thioether (sulfide) groups is 1. The molecular weight excluding hydrogens is 278 g/mol. The molecule has 1 fully saturated rings. The van der Waals surface area contributed by atoms with Crippen LogP contribution in [-0.2, 0) is 19.4 Å². The van der Waals surface area contributed by atoms with Gasteiger partial charge in [0, 0.05) is 29.4 Å². The van der Waals surface area contributed by atoms with Crippen molar-refractivity contribution in [2.24, 2.45) is 0 Å². The Morgan fingerprint density at radius 2 is 2.24 bits per heavy atom. The summed E-state index contributed by atoms with van der Waals surface area (Å²) < 4.78 is 2.58. The Morgan fingerprint density at radius 1 is 1.43 bits per heavy atom. The number of hydrogen-bond donors (Lipinski definition) is 1. The highest BCUT2D eigenvalue weighted by molar-refractivity contribution is 8.00. The fraction of sp³-hybridized carbons (Fsp3) is 0.824. The number of nitrogens with one attached hydrogen (secondary N) is 1. The first-order valence-corrected chi connectivity index (χ1v) is 9.54. The monoisotopic (exact) mass is 309 g/mol. The summed E-state index contributed by atoms with van der Waals surface area (Å²) in [4.78, 5) is 0. The molecule has 1 aliphatic rings. The van der Waals surface area contributed by atoms with Gasteiger partial charge in [-0.3, -0.25) is 4.68 Å². The van der Waals surface area contributed by atoms with Crippen LogP contribution in [0.15, 0.2) is 6.07 Å². The molecular formula is C17H31N3S. The van der Waals surface area contributed by atoms with Gasteiger partial charge >= 0.3 is 0 Å². The van der Waals surface area contributed by atoms with Crippen LogP contribution < -0.4 is 5.32 Å². The number of aryl methyl sites for hydroxylation is 2. The standard InChI is InChI=1S/C17H31N3S/c1-5-10-18-16(17(4)9-8-11-21-17)13-15-12-14(6-2)19-20(15)7-3/h12,16,18H,5-11,13H2,1-4H3. The fourth-order valence-corrected chi connectivity index (χ4v) is 4.64. The second-order valence-electron chi connectivity index (χ2n) is 6.27. The third-order valence-electron chi connectivity index (χ3n) is 4.62. The molecule has 2 unspecified atom stereocenters. The van der Waals surface area contributed by atoms with Gasteiger partial charge < -0.3 is 5.32 Å². The quantitative estimate of drug-likeness (QED) is 0.795. The molecule has 0 spiro atoms. The maximum absolute atomic E-state index is 4.71. The van der Waals surface area contributed by atoms with Crippen molar-refractivity contribution in [1.82, 2.24) is 15.1 Å².